The second-order valence-corrected chi connectivity index (χ2v) is 9.18. The highest BCUT2D eigenvalue weighted by Gasteiger charge is 2.16. The van der Waals surface area contributed by atoms with Crippen LogP contribution in [-0.4, -0.2) is 55.0 Å². The molecule has 0 spiro atoms. The fraction of sp³-hybridized carbons (Fsp3) is 0.286. The lowest BCUT2D eigenvalue weighted by Crippen LogP contribution is -2.46. The smallest absolute Gasteiger partial charge is 0.168 e. The Kier molecular flexibility index (Phi) is 9.57. The Morgan fingerprint density at radius 3 is 2.29 bits per heavy atom. The summed E-state index contributed by atoms with van der Waals surface area (Å²) in [5.74, 6) is 0.851. The van der Waals surface area contributed by atoms with E-state index in [1.54, 1.807) is 24.3 Å². The van der Waals surface area contributed by atoms with E-state index in [-0.39, 0.29) is 5.75 Å². The largest absolute Gasteiger partial charge is 0.494 e. The zero-order valence-corrected chi connectivity index (χ0v) is 20.4. The molecule has 0 aliphatic carbocycles. The van der Waals surface area contributed by atoms with Gasteiger partial charge in [0, 0.05) is 44.7 Å². The number of halogens is 2. The van der Waals surface area contributed by atoms with Crippen LogP contribution in [-0.2, 0) is 0 Å². The minimum Gasteiger partial charge on any atom is -0.494 e. The molecule has 7 heteroatoms. The summed E-state index contributed by atoms with van der Waals surface area (Å²) >= 11 is 1.84. The fourth-order valence-corrected chi connectivity index (χ4v) is 4.56. The Morgan fingerprint density at radius 1 is 0.829 bits per heavy atom. The van der Waals surface area contributed by atoms with Crippen LogP contribution in [0.1, 0.15) is 12.0 Å². The third kappa shape index (κ3) is 8.38. The van der Waals surface area contributed by atoms with Gasteiger partial charge in [-0.15, -0.1) is 11.8 Å². The van der Waals surface area contributed by atoms with E-state index in [9.17, 15) is 8.78 Å². The molecular formula is C28H30F2N2O2S. The van der Waals surface area contributed by atoms with Crippen LogP contribution in [0.15, 0.2) is 78.2 Å². The third-order valence-electron chi connectivity index (χ3n) is 5.71. The van der Waals surface area contributed by atoms with E-state index in [1.807, 2.05) is 17.8 Å². The zero-order valence-electron chi connectivity index (χ0n) is 19.6. The monoisotopic (exact) mass is 496 g/mol. The molecule has 3 aromatic rings. The van der Waals surface area contributed by atoms with Crippen LogP contribution in [0.3, 0.4) is 0 Å². The van der Waals surface area contributed by atoms with Crippen molar-refractivity contribution in [3.8, 4) is 17.2 Å². The van der Waals surface area contributed by atoms with E-state index >= 15 is 0 Å². The molecule has 4 nitrogen and oxygen atoms in total. The van der Waals surface area contributed by atoms with Gasteiger partial charge in [0.25, 0.3) is 0 Å². The van der Waals surface area contributed by atoms with Gasteiger partial charge in [0.15, 0.2) is 11.6 Å². The normalized spacial score (nSPS) is 14.9. The molecule has 1 aliphatic rings. The topological polar surface area (TPSA) is 24.9 Å². The van der Waals surface area contributed by atoms with E-state index in [2.05, 4.69) is 45.5 Å². The maximum absolute atomic E-state index is 13.7. The highest BCUT2D eigenvalue weighted by atomic mass is 32.2. The van der Waals surface area contributed by atoms with E-state index in [1.165, 1.54) is 17.7 Å². The Balaban J connectivity index is 1.08. The molecule has 184 valence electrons. The van der Waals surface area contributed by atoms with Crippen LogP contribution in [0.5, 0.6) is 17.2 Å². The molecule has 0 saturated carbocycles. The van der Waals surface area contributed by atoms with Crippen molar-refractivity contribution in [3.05, 3.63) is 95.4 Å². The van der Waals surface area contributed by atoms with Crippen LogP contribution in [0.2, 0.25) is 0 Å². The number of hydrogen-bond donors (Lipinski definition) is 0. The van der Waals surface area contributed by atoms with Crippen molar-refractivity contribution in [2.75, 3.05) is 45.2 Å². The average molecular weight is 497 g/mol. The van der Waals surface area contributed by atoms with Crippen molar-refractivity contribution >= 4 is 17.8 Å². The number of ether oxygens (including phenoxy) is 2. The molecule has 1 saturated heterocycles. The molecule has 1 heterocycles. The van der Waals surface area contributed by atoms with E-state index in [4.69, 9.17) is 9.47 Å². The summed E-state index contributed by atoms with van der Waals surface area (Å²) in [4.78, 5) is 4.98. The summed E-state index contributed by atoms with van der Waals surface area (Å²) in [6.07, 6.45) is 3.11. The number of thioether (sulfide) groups is 1. The first kappa shape index (κ1) is 25.2. The molecule has 0 N–H and O–H groups in total. The molecule has 1 fully saturated rings. The summed E-state index contributed by atoms with van der Waals surface area (Å²) in [6.45, 7) is 5.98. The molecule has 0 atom stereocenters. The molecular weight excluding hydrogens is 466 g/mol. The van der Waals surface area contributed by atoms with Crippen molar-refractivity contribution in [1.29, 1.82) is 0 Å². The molecule has 0 bridgehead atoms. The Morgan fingerprint density at radius 2 is 1.54 bits per heavy atom. The highest BCUT2D eigenvalue weighted by molar-refractivity contribution is 8.02. The van der Waals surface area contributed by atoms with Gasteiger partial charge < -0.3 is 14.4 Å². The van der Waals surface area contributed by atoms with Crippen LogP contribution >= 0.6 is 11.8 Å². The standard InChI is InChI=1S/C28H30F2N2O2S/c29-24-7-12-28(27(30)21-24)34-26-10-8-25(9-11-26)33-19-4-14-31-15-17-32(18-16-31)22-35-20-13-23-5-2-1-3-6-23/h1-3,5-13,20-21H,4,14-19,22H2/b20-13+. The van der Waals surface area contributed by atoms with Gasteiger partial charge in [-0.1, -0.05) is 30.3 Å². The van der Waals surface area contributed by atoms with E-state index in [0.717, 1.165) is 56.8 Å². The summed E-state index contributed by atoms with van der Waals surface area (Å²) in [5.41, 5.74) is 1.23. The Labute approximate surface area is 210 Å². The van der Waals surface area contributed by atoms with E-state index < -0.39 is 11.6 Å². The number of benzene rings is 3. The van der Waals surface area contributed by atoms with Gasteiger partial charge in [0.2, 0.25) is 0 Å². The predicted octanol–water partition coefficient (Wildman–Crippen LogP) is 6.51. The number of nitrogens with zero attached hydrogens (tertiary/aromatic N) is 2. The van der Waals surface area contributed by atoms with Gasteiger partial charge in [-0.2, -0.15) is 0 Å². The molecule has 4 rings (SSSR count). The lowest BCUT2D eigenvalue weighted by atomic mass is 10.2. The predicted molar refractivity (Wildman–Crippen MR) is 139 cm³/mol. The second-order valence-electron chi connectivity index (χ2n) is 8.32. The van der Waals surface area contributed by atoms with Crippen molar-refractivity contribution in [2.45, 2.75) is 6.42 Å². The van der Waals surface area contributed by atoms with Crippen LogP contribution in [0.4, 0.5) is 8.78 Å². The third-order valence-corrected chi connectivity index (χ3v) is 6.55. The summed E-state index contributed by atoms with van der Waals surface area (Å²) in [7, 11) is 0. The van der Waals surface area contributed by atoms with Crippen LogP contribution in [0, 0.1) is 11.6 Å². The molecule has 35 heavy (non-hydrogen) atoms. The van der Waals surface area contributed by atoms with Gasteiger partial charge >= 0.3 is 0 Å². The molecule has 0 aromatic heterocycles. The first-order chi connectivity index (χ1) is 17.2. The maximum atomic E-state index is 13.7. The lowest BCUT2D eigenvalue weighted by Gasteiger charge is -2.34. The van der Waals surface area contributed by atoms with E-state index in [0.29, 0.717) is 12.4 Å². The van der Waals surface area contributed by atoms with Gasteiger partial charge in [0.1, 0.15) is 17.3 Å². The van der Waals surface area contributed by atoms with Crippen molar-refractivity contribution in [2.24, 2.45) is 0 Å². The summed E-state index contributed by atoms with van der Waals surface area (Å²) < 4.78 is 38.0. The number of rotatable bonds is 11. The fourth-order valence-electron chi connectivity index (χ4n) is 3.75. The average Bonchev–Trinajstić information content (AvgIpc) is 2.88. The number of piperazine rings is 1. The van der Waals surface area contributed by atoms with Gasteiger partial charge in [-0.05, 0) is 59.9 Å². The summed E-state index contributed by atoms with van der Waals surface area (Å²) in [5, 5.41) is 2.18. The zero-order chi connectivity index (χ0) is 24.3. The van der Waals surface area contributed by atoms with Crippen molar-refractivity contribution in [1.82, 2.24) is 9.80 Å². The second kappa shape index (κ2) is 13.3. The van der Waals surface area contributed by atoms with Crippen LogP contribution in [0.25, 0.3) is 6.08 Å². The molecule has 0 unspecified atom stereocenters. The first-order valence-electron chi connectivity index (χ1n) is 11.8. The maximum Gasteiger partial charge on any atom is 0.168 e. The molecule has 3 aromatic carbocycles. The Bertz CT molecular complexity index is 1070. The van der Waals surface area contributed by atoms with Gasteiger partial charge in [-0.25, -0.2) is 8.78 Å². The summed E-state index contributed by atoms with van der Waals surface area (Å²) in [6, 6.07) is 20.6. The van der Waals surface area contributed by atoms with Crippen LogP contribution < -0.4 is 9.47 Å². The highest BCUT2D eigenvalue weighted by Crippen LogP contribution is 2.26. The lowest BCUT2D eigenvalue weighted by molar-refractivity contribution is 0.141. The molecule has 0 amide bonds. The minimum atomic E-state index is -0.732. The quantitative estimate of drug-likeness (QED) is 0.282. The molecule has 0 radical (unpaired) electrons. The number of hydrogen-bond acceptors (Lipinski definition) is 5. The Hall–Kier alpha value is -2.87. The van der Waals surface area contributed by atoms with Gasteiger partial charge in [0.05, 0.1) is 6.61 Å². The van der Waals surface area contributed by atoms with Gasteiger partial charge in [-0.3, -0.25) is 4.90 Å². The van der Waals surface area contributed by atoms with Crippen molar-refractivity contribution in [3.63, 3.8) is 0 Å². The minimum absolute atomic E-state index is 0.0117. The molecule has 1 aliphatic heterocycles. The first-order valence-corrected chi connectivity index (χ1v) is 12.8. The van der Waals surface area contributed by atoms with Crippen molar-refractivity contribution < 1.29 is 18.3 Å². The SMILES string of the molecule is Fc1ccc(Oc2ccc(OCCCN3CCN(CS/C=C/c4ccccc4)CC3)cc2)c(F)c1.